The number of carbonyl (C=O) groups is 3. The molecule has 1 aliphatic heterocycles. The summed E-state index contributed by atoms with van der Waals surface area (Å²) in [7, 11) is 0. The van der Waals surface area contributed by atoms with Gasteiger partial charge in [-0.3, -0.25) is 19.3 Å². The third kappa shape index (κ3) is 3.68. The molecule has 2 amide bonds. The van der Waals surface area contributed by atoms with Crippen molar-refractivity contribution in [2.24, 2.45) is 5.92 Å². The average Bonchev–Trinajstić information content (AvgIpc) is 2.48. The Bertz CT molecular complexity index is 512. The van der Waals surface area contributed by atoms with E-state index in [-0.39, 0.29) is 19.9 Å². The van der Waals surface area contributed by atoms with Crippen molar-refractivity contribution >= 4 is 17.8 Å². The molecule has 114 valence electrons. The van der Waals surface area contributed by atoms with Gasteiger partial charge in [-0.05, 0) is 31.9 Å². The molecule has 0 N–H and O–H groups in total. The van der Waals surface area contributed by atoms with Crippen LogP contribution in [0.2, 0.25) is 0 Å². The molecule has 0 radical (unpaired) electrons. The molecule has 0 spiro atoms. The van der Waals surface area contributed by atoms with Crippen LogP contribution in [0.4, 0.5) is 0 Å². The number of benzene rings is 1. The van der Waals surface area contributed by atoms with E-state index < -0.39 is 17.8 Å². The van der Waals surface area contributed by atoms with Crippen LogP contribution in [-0.4, -0.2) is 35.8 Å². The number of hydrogen-bond acceptors (Lipinski definition) is 4. The summed E-state index contributed by atoms with van der Waals surface area (Å²) in [5.74, 6) is -2.20. The minimum absolute atomic E-state index is 0. The Morgan fingerprint density at radius 1 is 1.29 bits per heavy atom. The fourth-order valence-corrected chi connectivity index (χ4v) is 2.28. The zero-order valence-corrected chi connectivity index (χ0v) is 11.4. The number of amides is 2. The lowest BCUT2D eigenvalue weighted by molar-refractivity contribution is -0.156. The first-order chi connectivity index (χ1) is 9.65. The van der Waals surface area contributed by atoms with Gasteiger partial charge in [0.15, 0.2) is 0 Å². The van der Waals surface area contributed by atoms with Crippen LogP contribution in [0.5, 0.6) is 0 Å². The molecule has 0 aliphatic carbocycles. The Balaban J connectivity index is 0.00000220. The first kappa shape index (κ1) is 16.9. The van der Waals surface area contributed by atoms with Gasteiger partial charge in [0.05, 0.1) is 6.61 Å². The van der Waals surface area contributed by atoms with Crippen molar-refractivity contribution in [2.45, 2.75) is 27.2 Å². The van der Waals surface area contributed by atoms with Gasteiger partial charge >= 0.3 is 5.97 Å². The van der Waals surface area contributed by atoms with Crippen LogP contribution >= 0.6 is 0 Å². The van der Waals surface area contributed by atoms with Crippen LogP contribution in [0.15, 0.2) is 30.3 Å². The number of piperidine rings is 1. The lowest BCUT2D eigenvalue weighted by Gasteiger charge is -2.29. The predicted octanol–water partition coefficient (Wildman–Crippen LogP) is 2.26. The molecule has 5 nitrogen and oxygen atoms in total. The van der Waals surface area contributed by atoms with Crippen molar-refractivity contribution in [1.29, 1.82) is 0 Å². The third-order valence-electron chi connectivity index (χ3n) is 3.28. The summed E-state index contributed by atoms with van der Waals surface area (Å²) in [6.45, 7) is 2.27. The first-order valence-electron chi connectivity index (χ1n) is 6.72. The van der Waals surface area contributed by atoms with Crippen molar-refractivity contribution in [3.05, 3.63) is 35.9 Å². The van der Waals surface area contributed by atoms with Crippen LogP contribution < -0.4 is 0 Å². The molecule has 1 atom stereocenters. The molecule has 2 rings (SSSR count). The molecule has 1 saturated heterocycles. The second-order valence-electron chi connectivity index (χ2n) is 4.61. The summed E-state index contributed by atoms with van der Waals surface area (Å²) in [6.07, 6.45) is 1.06. The van der Waals surface area contributed by atoms with Crippen LogP contribution in [0.1, 0.15) is 37.6 Å². The average molecular weight is 291 g/mol. The minimum Gasteiger partial charge on any atom is -0.465 e. The number of ether oxygens (including phenoxy) is 1. The normalized spacial score (nSPS) is 17.9. The van der Waals surface area contributed by atoms with Gasteiger partial charge in [-0.15, -0.1) is 0 Å². The molecule has 5 heteroatoms. The molecule has 0 saturated carbocycles. The van der Waals surface area contributed by atoms with Crippen molar-refractivity contribution < 1.29 is 19.1 Å². The lowest BCUT2D eigenvalue weighted by atomic mass is 9.96. The SMILES string of the molecule is C.CCOC(=O)C1CCCN(C(=O)c2ccccc2)C1=O. The van der Waals surface area contributed by atoms with Crippen molar-refractivity contribution in [3.63, 3.8) is 0 Å². The molecule has 1 aromatic rings. The minimum atomic E-state index is -0.851. The van der Waals surface area contributed by atoms with Crippen molar-refractivity contribution in [1.82, 2.24) is 4.90 Å². The largest absolute Gasteiger partial charge is 0.465 e. The highest BCUT2D eigenvalue weighted by atomic mass is 16.5. The fraction of sp³-hybridized carbons (Fsp3) is 0.438. The molecule has 0 bridgehead atoms. The Morgan fingerprint density at radius 3 is 2.57 bits per heavy atom. The highest BCUT2D eigenvalue weighted by Crippen LogP contribution is 2.21. The predicted molar refractivity (Wildman–Crippen MR) is 78.6 cm³/mol. The van der Waals surface area contributed by atoms with Gasteiger partial charge in [0.2, 0.25) is 5.91 Å². The maximum Gasteiger partial charge on any atom is 0.318 e. The molecular formula is C16H21NO4. The van der Waals surface area contributed by atoms with Gasteiger partial charge in [-0.2, -0.15) is 0 Å². The second-order valence-corrected chi connectivity index (χ2v) is 4.61. The number of esters is 1. The van der Waals surface area contributed by atoms with Crippen molar-refractivity contribution in [2.75, 3.05) is 13.2 Å². The first-order valence-corrected chi connectivity index (χ1v) is 6.72. The van der Waals surface area contributed by atoms with E-state index in [1.807, 2.05) is 0 Å². The van der Waals surface area contributed by atoms with E-state index in [1.54, 1.807) is 37.3 Å². The smallest absolute Gasteiger partial charge is 0.318 e. The Kier molecular flexibility index (Phi) is 6.09. The van der Waals surface area contributed by atoms with E-state index in [4.69, 9.17) is 4.74 Å². The van der Waals surface area contributed by atoms with Gasteiger partial charge in [0, 0.05) is 12.1 Å². The Morgan fingerprint density at radius 2 is 1.95 bits per heavy atom. The number of imide groups is 1. The molecule has 0 aromatic heterocycles. The maximum absolute atomic E-state index is 12.3. The number of likely N-dealkylation sites (tertiary alicyclic amines) is 1. The third-order valence-corrected chi connectivity index (χ3v) is 3.28. The monoisotopic (exact) mass is 291 g/mol. The van der Waals surface area contributed by atoms with Gasteiger partial charge in [-0.25, -0.2) is 0 Å². The molecule has 1 unspecified atom stereocenters. The Labute approximate surface area is 124 Å². The summed E-state index contributed by atoms with van der Waals surface area (Å²) in [5, 5.41) is 0. The van der Waals surface area contributed by atoms with Gasteiger partial charge in [-0.1, -0.05) is 25.6 Å². The van der Waals surface area contributed by atoms with E-state index in [1.165, 1.54) is 0 Å². The highest BCUT2D eigenvalue weighted by Gasteiger charge is 2.38. The number of hydrogen-bond donors (Lipinski definition) is 0. The summed E-state index contributed by atoms with van der Waals surface area (Å²) in [6, 6.07) is 8.60. The van der Waals surface area contributed by atoms with Crippen molar-refractivity contribution in [3.8, 4) is 0 Å². The fourth-order valence-electron chi connectivity index (χ4n) is 2.28. The quantitative estimate of drug-likeness (QED) is 0.487. The van der Waals surface area contributed by atoms with Crippen LogP contribution in [0.25, 0.3) is 0 Å². The van der Waals surface area contributed by atoms with Crippen LogP contribution in [-0.2, 0) is 14.3 Å². The van der Waals surface area contributed by atoms with E-state index in [0.717, 1.165) is 4.90 Å². The second kappa shape index (κ2) is 7.57. The zero-order chi connectivity index (χ0) is 14.5. The molecule has 1 fully saturated rings. The van der Waals surface area contributed by atoms with Crippen LogP contribution in [0, 0.1) is 5.92 Å². The van der Waals surface area contributed by atoms with E-state index in [2.05, 4.69) is 0 Å². The summed E-state index contributed by atoms with van der Waals surface area (Å²) in [4.78, 5) is 37.4. The number of carbonyl (C=O) groups excluding carboxylic acids is 3. The molecule has 21 heavy (non-hydrogen) atoms. The highest BCUT2D eigenvalue weighted by molar-refractivity contribution is 6.10. The van der Waals surface area contributed by atoms with E-state index >= 15 is 0 Å². The lowest BCUT2D eigenvalue weighted by Crippen LogP contribution is -2.47. The van der Waals surface area contributed by atoms with Gasteiger partial charge < -0.3 is 4.74 Å². The number of nitrogens with zero attached hydrogens (tertiary/aromatic N) is 1. The summed E-state index contributed by atoms with van der Waals surface area (Å²) >= 11 is 0. The molecular weight excluding hydrogens is 270 g/mol. The molecule has 1 aromatic carbocycles. The topological polar surface area (TPSA) is 63.7 Å². The van der Waals surface area contributed by atoms with E-state index in [9.17, 15) is 14.4 Å². The molecule has 1 aliphatic rings. The zero-order valence-electron chi connectivity index (χ0n) is 11.4. The number of rotatable bonds is 3. The molecule has 1 heterocycles. The maximum atomic E-state index is 12.3. The summed E-state index contributed by atoms with van der Waals surface area (Å²) < 4.78 is 4.89. The van der Waals surface area contributed by atoms with Gasteiger partial charge in [0.1, 0.15) is 5.92 Å². The Hall–Kier alpha value is -2.17. The van der Waals surface area contributed by atoms with Gasteiger partial charge in [0.25, 0.3) is 5.91 Å². The van der Waals surface area contributed by atoms with Crippen LogP contribution in [0.3, 0.4) is 0 Å². The standard InChI is InChI=1S/C15H17NO4.CH4/c1-2-20-15(19)12-9-6-10-16(14(12)18)13(17)11-7-4-3-5-8-11;/h3-5,7-8,12H,2,6,9-10H2,1H3;1H4. The van der Waals surface area contributed by atoms with E-state index in [0.29, 0.717) is 24.9 Å². The summed E-state index contributed by atoms with van der Waals surface area (Å²) in [5.41, 5.74) is 0.449.